The smallest absolute Gasteiger partial charge is 0.351 e. The van der Waals surface area contributed by atoms with Crippen LogP contribution in [-0.2, 0) is 9.47 Å². The van der Waals surface area contributed by atoms with E-state index in [1.165, 1.54) is 41.4 Å². The van der Waals surface area contributed by atoms with Gasteiger partial charge in [-0.15, -0.1) is 0 Å². The molecule has 3 aromatic heterocycles. The van der Waals surface area contributed by atoms with Gasteiger partial charge in [-0.25, -0.2) is 19.4 Å². The van der Waals surface area contributed by atoms with Crippen LogP contribution in [0.15, 0.2) is 51.2 Å². The van der Waals surface area contributed by atoms with Gasteiger partial charge in [-0.1, -0.05) is 0 Å². The lowest BCUT2D eigenvalue weighted by Gasteiger charge is -2.16. The summed E-state index contributed by atoms with van der Waals surface area (Å²) in [6.45, 7) is -0.735. The number of H-pyrrole nitrogens is 1. The molecule has 2 aliphatic heterocycles. The highest BCUT2D eigenvalue weighted by molar-refractivity contribution is 5.24. The number of aromatic nitrogens is 6. The van der Waals surface area contributed by atoms with Gasteiger partial charge in [0.25, 0.3) is 0 Å². The molecule has 2 fully saturated rings. The standard InChI is InChI=1S/C9H13N3O5.C9H13N3O4.C4H5N3O/c10-5-1-2-12(9(16)11-5)8-7(15)6(14)4(3-13)17-8;10-7-1-2-12(9(15)11-7)8-3-5(14)6(4-13)16-8;5-3-1-2-6-4(8)7-3/h1-2,4,6-8,13-15H,3H2,(H2,10,11,16);1-2,5-6,8,13-14H,3-4H2,(H2,10,11,15);1-2H,(H3,5,6,7,8)/t4-,6-,7-,8-;5-,6+,8+;/m10./s1. The molecule has 12 N–H and O–H groups in total. The minimum absolute atomic E-state index is 0.0537. The van der Waals surface area contributed by atoms with Crippen LogP contribution in [0.1, 0.15) is 18.9 Å². The van der Waals surface area contributed by atoms with Gasteiger partial charge in [0.15, 0.2) is 6.23 Å². The fourth-order valence-electron chi connectivity index (χ4n) is 3.81. The Hall–Kier alpha value is -4.24. The summed E-state index contributed by atoms with van der Waals surface area (Å²) in [5.41, 5.74) is 14.2. The molecule has 19 nitrogen and oxygen atoms in total. The van der Waals surface area contributed by atoms with Crippen molar-refractivity contribution in [2.75, 3.05) is 30.4 Å². The van der Waals surface area contributed by atoms with Crippen molar-refractivity contribution in [2.24, 2.45) is 0 Å². The van der Waals surface area contributed by atoms with Crippen LogP contribution in [0.5, 0.6) is 0 Å². The number of aliphatic hydroxyl groups is 5. The zero-order valence-corrected chi connectivity index (χ0v) is 21.4. The maximum absolute atomic E-state index is 11.5. The first kappa shape index (κ1) is 31.3. The van der Waals surface area contributed by atoms with Gasteiger partial charge in [0, 0.05) is 25.0 Å². The van der Waals surface area contributed by atoms with Gasteiger partial charge in [0.2, 0.25) is 0 Å². The van der Waals surface area contributed by atoms with Crippen molar-refractivity contribution < 1.29 is 35.0 Å². The molecule has 0 bridgehead atoms. The summed E-state index contributed by atoms with van der Waals surface area (Å²) in [5, 5.41) is 46.6. The third-order valence-electron chi connectivity index (χ3n) is 5.89. The number of hydrogen-bond acceptors (Lipinski definition) is 16. The molecule has 0 spiro atoms. The van der Waals surface area contributed by atoms with Crippen molar-refractivity contribution in [3.63, 3.8) is 0 Å². The lowest BCUT2D eigenvalue weighted by Crippen LogP contribution is -2.36. The molecule has 0 aromatic carbocycles. The largest absolute Gasteiger partial charge is 0.394 e. The van der Waals surface area contributed by atoms with Gasteiger partial charge in [-0.05, 0) is 18.2 Å². The van der Waals surface area contributed by atoms with Crippen LogP contribution in [0.4, 0.5) is 17.5 Å². The fraction of sp³-hybridized carbons (Fsp3) is 0.455. The third kappa shape index (κ3) is 7.91. The first-order chi connectivity index (χ1) is 19.4. The predicted octanol–water partition coefficient (Wildman–Crippen LogP) is -4.74. The van der Waals surface area contributed by atoms with Gasteiger partial charge in [-0.3, -0.25) is 14.1 Å². The molecule has 224 valence electrons. The number of rotatable bonds is 4. The SMILES string of the molecule is Nc1ccn([C@@H]2O[C@H](CO)[C@@H](O)[C@H]2O)c(=O)n1.Nc1ccn([C@H]2C[C@H](O)[C@@H](CO)O2)c(=O)n1.Nc1ccnc(=O)[nH]1. The molecular formula is C22H31N9O10. The van der Waals surface area contributed by atoms with E-state index in [2.05, 4.69) is 19.9 Å². The number of ether oxygens (including phenoxy) is 2. The Kier molecular flexibility index (Phi) is 10.6. The van der Waals surface area contributed by atoms with E-state index < -0.39 is 66.7 Å². The van der Waals surface area contributed by atoms with Crippen LogP contribution in [0.3, 0.4) is 0 Å². The highest BCUT2D eigenvalue weighted by Crippen LogP contribution is 2.28. The molecule has 2 saturated heterocycles. The molecule has 0 unspecified atom stereocenters. The van der Waals surface area contributed by atoms with Gasteiger partial charge >= 0.3 is 17.1 Å². The van der Waals surface area contributed by atoms with Crippen LogP contribution in [0, 0.1) is 0 Å². The molecule has 41 heavy (non-hydrogen) atoms. The van der Waals surface area contributed by atoms with Gasteiger partial charge in [-0.2, -0.15) is 9.97 Å². The normalized spacial score (nSPS) is 26.9. The topological polar surface area (TPSA) is 313 Å². The van der Waals surface area contributed by atoms with E-state index in [1.807, 2.05) is 0 Å². The Morgan fingerprint density at radius 2 is 1.44 bits per heavy atom. The summed E-state index contributed by atoms with van der Waals surface area (Å²) in [5.74, 6) is 0.529. The van der Waals surface area contributed by atoms with Crippen molar-refractivity contribution in [1.29, 1.82) is 0 Å². The van der Waals surface area contributed by atoms with Crippen LogP contribution in [0.2, 0.25) is 0 Å². The first-order valence-corrected chi connectivity index (χ1v) is 12.0. The van der Waals surface area contributed by atoms with E-state index in [-0.39, 0.29) is 24.7 Å². The molecule has 0 amide bonds. The van der Waals surface area contributed by atoms with Crippen LogP contribution < -0.4 is 34.3 Å². The average Bonchev–Trinajstić information content (AvgIpc) is 3.43. The second-order valence-corrected chi connectivity index (χ2v) is 8.76. The summed E-state index contributed by atoms with van der Waals surface area (Å²) in [4.78, 5) is 45.9. The summed E-state index contributed by atoms with van der Waals surface area (Å²) >= 11 is 0. The van der Waals surface area contributed by atoms with Gasteiger partial charge < -0.3 is 52.2 Å². The summed E-state index contributed by atoms with van der Waals surface area (Å²) < 4.78 is 12.7. The zero-order chi connectivity index (χ0) is 30.3. The summed E-state index contributed by atoms with van der Waals surface area (Å²) in [6.07, 6.45) is -2.24. The molecule has 5 heterocycles. The molecular weight excluding hydrogens is 550 g/mol. The Morgan fingerprint density at radius 1 is 0.854 bits per heavy atom. The number of nitrogens with zero attached hydrogens (tertiary/aromatic N) is 5. The van der Waals surface area contributed by atoms with E-state index in [4.69, 9.17) is 36.9 Å². The number of aromatic amines is 1. The highest BCUT2D eigenvalue weighted by Gasteiger charge is 2.43. The maximum Gasteiger partial charge on any atom is 0.351 e. The van der Waals surface area contributed by atoms with E-state index in [0.717, 1.165) is 4.57 Å². The third-order valence-corrected chi connectivity index (χ3v) is 5.89. The lowest BCUT2D eigenvalue weighted by atomic mass is 10.1. The second-order valence-electron chi connectivity index (χ2n) is 8.76. The lowest BCUT2D eigenvalue weighted by molar-refractivity contribution is -0.0549. The van der Waals surface area contributed by atoms with Crippen molar-refractivity contribution in [1.82, 2.24) is 29.1 Å². The van der Waals surface area contributed by atoms with Crippen LogP contribution >= 0.6 is 0 Å². The molecule has 0 aliphatic carbocycles. The number of nitrogens with one attached hydrogen (secondary N) is 1. The maximum atomic E-state index is 11.5. The molecule has 0 saturated carbocycles. The summed E-state index contributed by atoms with van der Waals surface area (Å²) in [6, 6.07) is 4.36. The Morgan fingerprint density at radius 3 is 1.88 bits per heavy atom. The monoisotopic (exact) mass is 581 g/mol. The highest BCUT2D eigenvalue weighted by atomic mass is 16.6. The number of hydrogen-bond donors (Lipinski definition) is 9. The zero-order valence-electron chi connectivity index (χ0n) is 21.4. The predicted molar refractivity (Wildman–Crippen MR) is 140 cm³/mol. The first-order valence-electron chi connectivity index (χ1n) is 12.0. The number of anilines is 3. The van der Waals surface area contributed by atoms with E-state index >= 15 is 0 Å². The van der Waals surface area contributed by atoms with Crippen molar-refractivity contribution in [2.45, 2.75) is 49.4 Å². The Balaban J connectivity index is 0.000000180. The molecule has 2 aliphatic rings. The van der Waals surface area contributed by atoms with E-state index in [1.54, 1.807) is 0 Å². The van der Waals surface area contributed by atoms with Gasteiger partial charge in [0.1, 0.15) is 48.1 Å². The van der Waals surface area contributed by atoms with Crippen LogP contribution in [-0.4, -0.2) is 98.3 Å². The summed E-state index contributed by atoms with van der Waals surface area (Å²) in [7, 11) is 0. The van der Waals surface area contributed by atoms with E-state index in [0.29, 0.717) is 5.82 Å². The minimum atomic E-state index is -1.31. The number of aliphatic hydroxyl groups excluding tert-OH is 5. The van der Waals surface area contributed by atoms with Crippen molar-refractivity contribution in [3.05, 3.63) is 68.2 Å². The molecule has 3 aromatic rings. The minimum Gasteiger partial charge on any atom is -0.394 e. The molecule has 5 rings (SSSR count). The molecule has 7 atom stereocenters. The van der Waals surface area contributed by atoms with Crippen LogP contribution in [0.25, 0.3) is 0 Å². The quantitative estimate of drug-likeness (QED) is 0.140. The van der Waals surface area contributed by atoms with Crippen molar-refractivity contribution >= 4 is 17.5 Å². The van der Waals surface area contributed by atoms with Crippen molar-refractivity contribution in [3.8, 4) is 0 Å². The van der Waals surface area contributed by atoms with Gasteiger partial charge in [0.05, 0.1) is 19.3 Å². The van der Waals surface area contributed by atoms with E-state index in [9.17, 15) is 29.7 Å². The average molecular weight is 582 g/mol. The fourth-order valence-corrected chi connectivity index (χ4v) is 3.81. The number of nitrogens with two attached hydrogens (primary N) is 3. The Bertz CT molecular complexity index is 1460. The number of nitrogen functional groups attached to an aromatic ring is 3. The second kappa shape index (κ2) is 13.9. The molecule has 19 heteroatoms. The molecule has 0 radical (unpaired) electrons. The Labute approximate surface area is 230 Å².